The lowest BCUT2D eigenvalue weighted by Gasteiger charge is -2.19. The van der Waals surface area contributed by atoms with Crippen LogP contribution in [0.25, 0.3) is 11.1 Å². The number of fused-ring (bicyclic) bond motifs is 3. The molecule has 5 heteroatoms. The SMILES string of the molecule is O=C(NC1c2ccccc2-c2ccccc21)c1coc(C2CCNCC2)n1. The van der Waals surface area contributed by atoms with Crippen LogP contribution in [-0.2, 0) is 0 Å². The first-order valence-corrected chi connectivity index (χ1v) is 9.46. The molecule has 27 heavy (non-hydrogen) atoms. The molecule has 1 amide bonds. The normalized spacial score (nSPS) is 16.7. The van der Waals surface area contributed by atoms with Crippen LogP contribution in [0, 0.1) is 0 Å². The van der Waals surface area contributed by atoms with Crippen LogP contribution in [0.4, 0.5) is 0 Å². The van der Waals surface area contributed by atoms with Gasteiger partial charge in [0.1, 0.15) is 6.26 Å². The number of amides is 1. The summed E-state index contributed by atoms with van der Waals surface area (Å²) in [5.41, 5.74) is 4.94. The van der Waals surface area contributed by atoms with Crippen LogP contribution in [0.15, 0.2) is 59.2 Å². The third-order valence-electron chi connectivity index (χ3n) is 5.55. The minimum atomic E-state index is -0.199. The number of benzene rings is 2. The zero-order valence-corrected chi connectivity index (χ0v) is 14.9. The second-order valence-corrected chi connectivity index (χ2v) is 7.18. The molecule has 0 unspecified atom stereocenters. The van der Waals surface area contributed by atoms with Crippen LogP contribution in [-0.4, -0.2) is 24.0 Å². The Bertz CT molecular complexity index is 943. The molecular formula is C22H21N3O2. The Hall–Kier alpha value is -2.92. The van der Waals surface area contributed by atoms with Crippen LogP contribution < -0.4 is 10.6 Å². The molecule has 3 aromatic rings. The van der Waals surface area contributed by atoms with E-state index in [4.69, 9.17) is 4.42 Å². The van der Waals surface area contributed by atoms with Crippen LogP contribution >= 0.6 is 0 Å². The molecule has 1 aliphatic carbocycles. The van der Waals surface area contributed by atoms with Crippen LogP contribution in [0.1, 0.15) is 52.3 Å². The summed E-state index contributed by atoms with van der Waals surface area (Å²) in [5.74, 6) is 0.769. The maximum absolute atomic E-state index is 12.9. The third-order valence-corrected chi connectivity index (χ3v) is 5.55. The fourth-order valence-corrected chi connectivity index (χ4v) is 4.16. The van der Waals surface area contributed by atoms with E-state index >= 15 is 0 Å². The van der Waals surface area contributed by atoms with Gasteiger partial charge in [0.05, 0.1) is 6.04 Å². The first-order valence-electron chi connectivity index (χ1n) is 9.46. The lowest BCUT2D eigenvalue weighted by atomic mass is 9.98. The number of oxazole rings is 1. The van der Waals surface area contributed by atoms with Crippen molar-refractivity contribution in [1.29, 1.82) is 0 Å². The second kappa shape index (κ2) is 6.67. The minimum absolute atomic E-state index is 0.163. The Labute approximate surface area is 157 Å². The number of carbonyl (C=O) groups excluding carboxylic acids is 1. The second-order valence-electron chi connectivity index (χ2n) is 7.18. The van der Waals surface area contributed by atoms with E-state index < -0.39 is 0 Å². The molecule has 2 aliphatic rings. The standard InChI is InChI=1S/C22H21N3O2/c26-21(19-13-27-22(24-19)14-9-11-23-12-10-14)25-20-17-7-3-1-5-15(17)16-6-2-4-8-18(16)20/h1-8,13-14,20,23H,9-12H2,(H,25,26). The van der Waals surface area contributed by atoms with Gasteiger partial charge in [0.2, 0.25) is 0 Å². The topological polar surface area (TPSA) is 67.2 Å². The highest BCUT2D eigenvalue weighted by Gasteiger charge is 2.30. The van der Waals surface area contributed by atoms with Crippen LogP contribution in [0.3, 0.4) is 0 Å². The quantitative estimate of drug-likeness (QED) is 0.749. The molecule has 0 atom stereocenters. The average Bonchev–Trinajstić information content (AvgIpc) is 3.34. The van der Waals surface area contributed by atoms with Gasteiger partial charge in [0.25, 0.3) is 5.91 Å². The first kappa shape index (κ1) is 16.3. The van der Waals surface area contributed by atoms with Crippen molar-refractivity contribution in [1.82, 2.24) is 15.6 Å². The number of piperidine rings is 1. The van der Waals surface area contributed by atoms with E-state index in [-0.39, 0.29) is 11.9 Å². The first-order chi connectivity index (χ1) is 13.3. The van der Waals surface area contributed by atoms with E-state index in [9.17, 15) is 4.79 Å². The molecule has 2 N–H and O–H groups in total. The number of nitrogens with one attached hydrogen (secondary N) is 2. The summed E-state index contributed by atoms with van der Waals surface area (Å²) in [7, 11) is 0. The van der Waals surface area contributed by atoms with Crippen molar-refractivity contribution >= 4 is 5.91 Å². The van der Waals surface area contributed by atoms with Crippen molar-refractivity contribution in [3.05, 3.63) is 77.5 Å². The number of aromatic nitrogens is 1. The summed E-state index contributed by atoms with van der Waals surface area (Å²) in [6.45, 7) is 1.93. The summed E-state index contributed by atoms with van der Waals surface area (Å²) >= 11 is 0. The summed E-state index contributed by atoms with van der Waals surface area (Å²) in [6.07, 6.45) is 3.47. The zero-order valence-electron chi connectivity index (χ0n) is 14.9. The highest BCUT2D eigenvalue weighted by molar-refractivity contribution is 5.93. The van der Waals surface area contributed by atoms with Gasteiger partial charge in [0, 0.05) is 5.92 Å². The molecule has 136 valence electrons. The van der Waals surface area contributed by atoms with Gasteiger partial charge < -0.3 is 15.1 Å². The molecule has 0 saturated carbocycles. The van der Waals surface area contributed by atoms with E-state index in [0.29, 0.717) is 17.5 Å². The fraction of sp³-hybridized carbons (Fsp3) is 0.273. The van der Waals surface area contributed by atoms with Crippen molar-refractivity contribution in [2.45, 2.75) is 24.8 Å². The maximum Gasteiger partial charge on any atom is 0.273 e. The predicted molar refractivity (Wildman–Crippen MR) is 103 cm³/mol. The summed E-state index contributed by atoms with van der Waals surface area (Å²) in [5, 5.41) is 6.48. The Morgan fingerprint density at radius 3 is 2.30 bits per heavy atom. The molecule has 1 fully saturated rings. The van der Waals surface area contributed by atoms with Crippen LogP contribution in [0.5, 0.6) is 0 Å². The Morgan fingerprint density at radius 2 is 1.63 bits per heavy atom. The van der Waals surface area contributed by atoms with E-state index in [0.717, 1.165) is 37.1 Å². The predicted octanol–water partition coefficient (Wildman–Crippen LogP) is 3.64. The lowest BCUT2D eigenvalue weighted by molar-refractivity contribution is 0.0938. The van der Waals surface area contributed by atoms with Gasteiger partial charge in [-0.05, 0) is 48.2 Å². The average molecular weight is 359 g/mol. The van der Waals surface area contributed by atoms with Gasteiger partial charge in [0.15, 0.2) is 11.6 Å². The highest BCUT2D eigenvalue weighted by atomic mass is 16.3. The van der Waals surface area contributed by atoms with Gasteiger partial charge in [-0.1, -0.05) is 48.5 Å². The number of carbonyl (C=O) groups is 1. The zero-order chi connectivity index (χ0) is 18.2. The van der Waals surface area contributed by atoms with Crippen molar-refractivity contribution < 1.29 is 9.21 Å². The van der Waals surface area contributed by atoms with Gasteiger partial charge in [-0.25, -0.2) is 4.98 Å². The Kier molecular flexibility index (Phi) is 4.02. The van der Waals surface area contributed by atoms with Gasteiger partial charge in [-0.15, -0.1) is 0 Å². The van der Waals surface area contributed by atoms with Crippen molar-refractivity contribution in [3.63, 3.8) is 0 Å². The molecule has 2 heterocycles. The molecule has 5 rings (SSSR count). The third kappa shape index (κ3) is 2.84. The summed E-state index contributed by atoms with van der Waals surface area (Å²) < 4.78 is 5.63. The molecule has 2 aromatic carbocycles. The van der Waals surface area contributed by atoms with Crippen molar-refractivity contribution in [2.24, 2.45) is 0 Å². The van der Waals surface area contributed by atoms with Gasteiger partial charge in [-0.3, -0.25) is 4.79 Å². The molecule has 5 nitrogen and oxygen atoms in total. The number of nitrogens with zero attached hydrogens (tertiary/aromatic N) is 1. The largest absolute Gasteiger partial charge is 0.448 e. The fourth-order valence-electron chi connectivity index (χ4n) is 4.16. The van der Waals surface area contributed by atoms with E-state index in [1.54, 1.807) is 0 Å². The highest BCUT2D eigenvalue weighted by Crippen LogP contribution is 2.43. The van der Waals surface area contributed by atoms with Crippen molar-refractivity contribution in [3.8, 4) is 11.1 Å². The van der Waals surface area contributed by atoms with E-state index in [1.165, 1.54) is 17.4 Å². The number of hydrogen-bond donors (Lipinski definition) is 2. The molecule has 0 radical (unpaired) electrons. The summed E-state index contributed by atoms with van der Waals surface area (Å²) in [6, 6.07) is 16.3. The van der Waals surface area contributed by atoms with E-state index in [1.807, 2.05) is 24.3 Å². The molecular weight excluding hydrogens is 338 g/mol. The molecule has 1 saturated heterocycles. The Morgan fingerprint density at radius 1 is 1.00 bits per heavy atom. The molecule has 1 aromatic heterocycles. The summed E-state index contributed by atoms with van der Waals surface area (Å²) in [4.78, 5) is 17.4. The minimum Gasteiger partial charge on any atom is -0.448 e. The van der Waals surface area contributed by atoms with Crippen LogP contribution in [0.2, 0.25) is 0 Å². The monoisotopic (exact) mass is 359 g/mol. The maximum atomic E-state index is 12.9. The van der Waals surface area contributed by atoms with Gasteiger partial charge >= 0.3 is 0 Å². The van der Waals surface area contributed by atoms with Crippen molar-refractivity contribution in [2.75, 3.05) is 13.1 Å². The number of rotatable bonds is 3. The molecule has 0 bridgehead atoms. The lowest BCUT2D eigenvalue weighted by Crippen LogP contribution is -2.29. The Balaban J connectivity index is 1.41. The number of hydrogen-bond acceptors (Lipinski definition) is 4. The van der Waals surface area contributed by atoms with Gasteiger partial charge in [-0.2, -0.15) is 0 Å². The molecule has 1 aliphatic heterocycles. The molecule has 0 spiro atoms. The van der Waals surface area contributed by atoms with E-state index in [2.05, 4.69) is 39.9 Å². The smallest absolute Gasteiger partial charge is 0.273 e.